The molecule has 1 amide bonds. The second-order valence-corrected chi connectivity index (χ2v) is 15.3. The summed E-state index contributed by atoms with van der Waals surface area (Å²) in [5.41, 5.74) is 1.92. The van der Waals surface area contributed by atoms with Crippen LogP contribution in [0.4, 0.5) is 4.79 Å². The Morgan fingerprint density at radius 2 is 1.88 bits per heavy atom. The Kier molecular flexibility index (Phi) is 6.84. The highest BCUT2D eigenvalue weighted by Crippen LogP contribution is 2.55. The Morgan fingerprint density at radius 1 is 1.15 bits per heavy atom. The number of hydrogen-bond donors (Lipinski definition) is 1. The number of rotatable bonds is 7. The summed E-state index contributed by atoms with van der Waals surface area (Å²) in [4.78, 5) is 21.1. The smallest absolute Gasteiger partial charge is 0.408 e. The minimum atomic E-state index is -0.374. The zero-order valence-corrected chi connectivity index (χ0v) is 25.1. The summed E-state index contributed by atoms with van der Waals surface area (Å²) < 4.78 is 12.8. The summed E-state index contributed by atoms with van der Waals surface area (Å²) in [6, 6.07) is 8.33. The van der Waals surface area contributed by atoms with Crippen molar-refractivity contribution in [3.05, 3.63) is 48.7 Å². The highest BCUT2D eigenvalue weighted by atomic mass is 16.6. The summed E-state index contributed by atoms with van der Waals surface area (Å²) in [6.45, 7) is 13.3. The maximum atomic E-state index is 13.9. The van der Waals surface area contributed by atoms with E-state index in [4.69, 9.17) is 9.47 Å². The van der Waals surface area contributed by atoms with Crippen molar-refractivity contribution in [3.63, 3.8) is 0 Å². The molecular formula is C35H47N3O3. The van der Waals surface area contributed by atoms with Gasteiger partial charge in [0.2, 0.25) is 0 Å². The molecule has 6 nitrogen and oxygen atoms in total. The molecule has 41 heavy (non-hydrogen) atoms. The van der Waals surface area contributed by atoms with Crippen LogP contribution < -0.4 is 10.1 Å². The summed E-state index contributed by atoms with van der Waals surface area (Å²) in [7, 11) is 0. The Balaban J connectivity index is 1.20. The molecule has 1 N–H and O–H groups in total. The fourth-order valence-electron chi connectivity index (χ4n) is 9.45. The zero-order valence-electron chi connectivity index (χ0n) is 25.1. The first-order chi connectivity index (χ1) is 19.7. The third-order valence-electron chi connectivity index (χ3n) is 10.9. The molecule has 4 heterocycles. The van der Waals surface area contributed by atoms with Crippen LogP contribution in [0, 0.1) is 35.0 Å². The van der Waals surface area contributed by atoms with Crippen LogP contribution in [0.3, 0.4) is 0 Å². The van der Waals surface area contributed by atoms with Crippen molar-refractivity contribution in [2.45, 2.75) is 89.8 Å². The molecule has 6 heteroatoms. The second-order valence-electron chi connectivity index (χ2n) is 15.3. The normalized spacial score (nSPS) is 36.2. The van der Waals surface area contributed by atoms with Crippen LogP contribution in [-0.4, -0.2) is 47.3 Å². The van der Waals surface area contributed by atoms with Gasteiger partial charge in [0.05, 0.1) is 18.2 Å². The molecule has 0 spiro atoms. The third kappa shape index (κ3) is 5.37. The molecule has 3 aliphatic heterocycles. The number of ether oxygens (including phenoxy) is 2. The number of alkyl carbamates (subject to hydrolysis) is 1. The van der Waals surface area contributed by atoms with Gasteiger partial charge in [0.15, 0.2) is 0 Å². The molecule has 3 saturated heterocycles. The van der Waals surface area contributed by atoms with E-state index in [0.717, 1.165) is 78.7 Å². The first kappa shape index (κ1) is 27.2. The van der Waals surface area contributed by atoms with Crippen molar-refractivity contribution < 1.29 is 14.3 Å². The maximum absolute atomic E-state index is 13.9. The quantitative estimate of drug-likeness (QED) is 0.362. The number of piperidine rings is 3. The fourth-order valence-corrected chi connectivity index (χ4v) is 9.45. The van der Waals surface area contributed by atoms with Crippen molar-refractivity contribution in [1.82, 2.24) is 15.2 Å². The van der Waals surface area contributed by atoms with Crippen molar-refractivity contribution in [2.24, 2.45) is 35.0 Å². The summed E-state index contributed by atoms with van der Waals surface area (Å²) in [6.07, 6.45) is 13.0. The van der Waals surface area contributed by atoms with Gasteiger partial charge < -0.3 is 14.8 Å². The molecular weight excluding hydrogens is 510 g/mol. The van der Waals surface area contributed by atoms with Gasteiger partial charge in [0.25, 0.3) is 0 Å². The molecule has 0 radical (unpaired) electrons. The van der Waals surface area contributed by atoms with E-state index >= 15 is 0 Å². The van der Waals surface area contributed by atoms with Crippen molar-refractivity contribution in [1.29, 1.82) is 0 Å². The van der Waals surface area contributed by atoms with Gasteiger partial charge in [0, 0.05) is 29.2 Å². The molecule has 1 aromatic heterocycles. The van der Waals surface area contributed by atoms with E-state index in [2.05, 4.69) is 60.8 Å². The van der Waals surface area contributed by atoms with E-state index in [-0.39, 0.29) is 29.2 Å². The van der Waals surface area contributed by atoms with Gasteiger partial charge in [-0.1, -0.05) is 26.8 Å². The van der Waals surface area contributed by atoms with E-state index in [1.165, 1.54) is 25.7 Å². The SMILES string of the molecule is C=C[C@H]1CN2CC[C@H]1C[C@@H]2[C@@H](OC(=O)NC12CC3CC(CC(C3)C1)C2)c1ccnc2ccc(OCC(C)(C)C)cc12. The summed E-state index contributed by atoms with van der Waals surface area (Å²) >= 11 is 0. The Hall–Kier alpha value is -2.60. The van der Waals surface area contributed by atoms with E-state index < -0.39 is 0 Å². The van der Waals surface area contributed by atoms with Crippen LogP contribution in [0.25, 0.3) is 10.9 Å². The topological polar surface area (TPSA) is 63.7 Å². The number of fused-ring (bicyclic) bond motifs is 4. The van der Waals surface area contributed by atoms with Gasteiger partial charge in [0.1, 0.15) is 11.9 Å². The third-order valence-corrected chi connectivity index (χ3v) is 10.9. The van der Waals surface area contributed by atoms with E-state index in [9.17, 15) is 4.79 Å². The highest BCUT2D eigenvalue weighted by molar-refractivity contribution is 5.84. The predicted octanol–water partition coefficient (Wildman–Crippen LogP) is 7.29. The van der Waals surface area contributed by atoms with Gasteiger partial charge in [-0.15, -0.1) is 6.58 Å². The summed E-state index contributed by atoms with van der Waals surface area (Å²) in [5.74, 6) is 4.22. The molecule has 4 aliphatic carbocycles. The predicted molar refractivity (Wildman–Crippen MR) is 162 cm³/mol. The highest BCUT2D eigenvalue weighted by Gasteiger charge is 2.52. The largest absolute Gasteiger partial charge is 0.493 e. The number of amides is 1. The Labute approximate surface area is 245 Å². The van der Waals surface area contributed by atoms with Gasteiger partial charge in [-0.3, -0.25) is 9.88 Å². The van der Waals surface area contributed by atoms with E-state index in [1.54, 1.807) is 0 Å². The number of carbonyl (C=O) groups excluding carboxylic acids is 1. The number of hydrogen-bond acceptors (Lipinski definition) is 5. The molecule has 2 aromatic rings. The standard InChI is InChI=1S/C35H47N3O3/c1-5-25-20-38-11-9-26(25)15-31(38)32(41-33(39)37-35-17-22-12-23(18-35)14-24(13-22)19-35)28-8-10-36-30-7-6-27(16-29(28)30)40-21-34(2,3)4/h5-8,10,16,22-26,31-32H,1,9,11-15,17-21H2,2-4H3,(H,37,39)/t22?,23?,24?,25-,26-,31+,32-,35?/m0/s1. The van der Waals surface area contributed by atoms with Gasteiger partial charge in [-0.25, -0.2) is 4.79 Å². The van der Waals surface area contributed by atoms with Crippen LogP contribution >= 0.6 is 0 Å². The van der Waals surface area contributed by atoms with Gasteiger partial charge >= 0.3 is 6.09 Å². The first-order valence-electron chi connectivity index (χ1n) is 16.0. The molecule has 6 bridgehead atoms. The van der Waals surface area contributed by atoms with Gasteiger partial charge in [-0.2, -0.15) is 0 Å². The van der Waals surface area contributed by atoms with Gasteiger partial charge in [-0.05, 0) is 117 Å². The lowest BCUT2D eigenvalue weighted by Gasteiger charge is -2.56. The van der Waals surface area contributed by atoms with Crippen LogP contribution in [-0.2, 0) is 4.74 Å². The van der Waals surface area contributed by atoms with Crippen molar-refractivity contribution >= 4 is 17.0 Å². The lowest BCUT2D eigenvalue weighted by atomic mass is 9.53. The van der Waals surface area contributed by atoms with Crippen LogP contribution in [0.2, 0.25) is 0 Å². The molecule has 4 saturated carbocycles. The fraction of sp³-hybridized carbons (Fsp3) is 0.657. The van der Waals surface area contributed by atoms with E-state index in [1.807, 2.05) is 18.3 Å². The lowest BCUT2D eigenvalue weighted by molar-refractivity contribution is -0.0580. The Bertz CT molecular complexity index is 1280. The van der Waals surface area contributed by atoms with E-state index in [0.29, 0.717) is 18.4 Å². The van der Waals surface area contributed by atoms with Crippen LogP contribution in [0.5, 0.6) is 5.75 Å². The van der Waals surface area contributed by atoms with Crippen molar-refractivity contribution in [3.8, 4) is 5.75 Å². The average Bonchev–Trinajstić information content (AvgIpc) is 2.93. The summed E-state index contributed by atoms with van der Waals surface area (Å²) in [5, 5.41) is 4.50. The number of pyridine rings is 1. The maximum Gasteiger partial charge on any atom is 0.408 e. The first-order valence-corrected chi connectivity index (χ1v) is 16.0. The molecule has 7 aliphatic rings. The van der Waals surface area contributed by atoms with Crippen LogP contribution in [0.15, 0.2) is 43.1 Å². The average molecular weight is 558 g/mol. The number of carbonyl (C=O) groups is 1. The minimum Gasteiger partial charge on any atom is -0.493 e. The molecule has 1 aromatic carbocycles. The monoisotopic (exact) mass is 557 g/mol. The molecule has 9 rings (SSSR count). The molecule has 7 fully saturated rings. The number of nitrogens with zero attached hydrogens (tertiary/aromatic N) is 2. The zero-order chi connectivity index (χ0) is 28.4. The minimum absolute atomic E-state index is 0.0595. The molecule has 220 valence electrons. The molecule has 1 unspecified atom stereocenters. The van der Waals surface area contributed by atoms with Crippen molar-refractivity contribution in [2.75, 3.05) is 19.7 Å². The second kappa shape index (κ2) is 10.3. The molecule has 5 atom stereocenters. The Morgan fingerprint density at radius 3 is 2.51 bits per heavy atom. The number of benzene rings is 1. The number of nitrogens with one attached hydrogen (secondary N) is 1. The lowest BCUT2D eigenvalue weighted by Crippen LogP contribution is -2.60. The number of aromatic nitrogens is 1. The van der Waals surface area contributed by atoms with Crippen LogP contribution in [0.1, 0.15) is 83.8 Å².